The summed E-state index contributed by atoms with van der Waals surface area (Å²) in [5.74, 6) is 0. The van der Waals surface area contributed by atoms with Gasteiger partial charge in [-0.15, -0.1) is 16.4 Å². The molecule has 3 heterocycles. The molecule has 0 bridgehead atoms. The first kappa shape index (κ1) is 22.3. The van der Waals surface area contributed by atoms with Gasteiger partial charge in [0.05, 0.1) is 22.8 Å². The molecule has 3 aromatic rings. The Bertz CT molecular complexity index is 1040. The summed E-state index contributed by atoms with van der Waals surface area (Å²) in [5, 5.41) is 41.9. The second kappa shape index (κ2) is 9.27. The third-order valence-electron chi connectivity index (χ3n) is 4.55. The number of hydrogen-bond acceptors (Lipinski definition) is 9. The second-order valence-electron chi connectivity index (χ2n) is 6.46. The van der Waals surface area contributed by atoms with Crippen molar-refractivity contribution in [3.63, 3.8) is 0 Å². The van der Waals surface area contributed by atoms with Crippen molar-refractivity contribution in [3.8, 4) is 11.4 Å². The molecule has 1 saturated heterocycles. The number of hydrogen-bond donors (Lipinski definition) is 3. The number of benzene rings is 1. The Morgan fingerprint density at radius 3 is 2.60 bits per heavy atom. The third-order valence-corrected chi connectivity index (χ3v) is 7.41. The van der Waals surface area contributed by atoms with E-state index < -0.39 is 36.4 Å². The van der Waals surface area contributed by atoms with Crippen molar-refractivity contribution in [3.05, 3.63) is 44.3 Å². The van der Waals surface area contributed by atoms with Crippen LogP contribution in [0.25, 0.3) is 11.4 Å². The Labute approximate surface area is 194 Å². The molecule has 4 rings (SSSR count). The molecule has 0 amide bonds. The lowest BCUT2D eigenvalue weighted by Crippen LogP contribution is -2.55. The molecule has 0 radical (unpaired) electrons. The van der Waals surface area contributed by atoms with Crippen LogP contribution in [0.1, 0.15) is 6.04 Å². The van der Waals surface area contributed by atoms with E-state index >= 15 is 0 Å². The highest BCUT2D eigenvalue weighted by molar-refractivity contribution is 7.99. The first-order valence-corrected chi connectivity index (χ1v) is 11.5. The van der Waals surface area contributed by atoms with E-state index in [4.69, 9.17) is 39.5 Å². The van der Waals surface area contributed by atoms with E-state index in [1.807, 2.05) is 0 Å². The van der Waals surface area contributed by atoms with Crippen LogP contribution in [0.4, 0.5) is 0 Å². The van der Waals surface area contributed by atoms with Gasteiger partial charge in [-0.25, -0.2) is 9.67 Å². The number of ether oxygens (including phenoxy) is 1. The number of nitrogens with zero attached hydrogens (tertiary/aromatic N) is 4. The molecule has 3 N–H and O–H groups in total. The fourth-order valence-corrected chi connectivity index (χ4v) is 5.29. The van der Waals surface area contributed by atoms with E-state index in [1.165, 1.54) is 27.8 Å². The van der Waals surface area contributed by atoms with Gasteiger partial charge in [0.2, 0.25) is 0 Å². The number of halogens is 3. The third kappa shape index (κ3) is 4.47. The van der Waals surface area contributed by atoms with Crippen molar-refractivity contribution < 1.29 is 20.1 Å². The average Bonchev–Trinajstić information content (AvgIpc) is 3.36. The lowest BCUT2D eigenvalue weighted by molar-refractivity contribution is -0.178. The van der Waals surface area contributed by atoms with Crippen molar-refractivity contribution in [2.75, 3.05) is 6.61 Å². The zero-order valence-corrected chi connectivity index (χ0v) is 18.9. The molecule has 0 saturated carbocycles. The Balaban J connectivity index is 1.61. The van der Waals surface area contributed by atoms with Gasteiger partial charge in [-0.2, -0.15) is 0 Å². The second-order valence-corrected chi connectivity index (χ2v) is 9.89. The van der Waals surface area contributed by atoms with Crippen LogP contribution in [-0.2, 0) is 4.74 Å². The Hall–Kier alpha value is -0.950. The Morgan fingerprint density at radius 2 is 1.93 bits per heavy atom. The predicted octanol–water partition coefficient (Wildman–Crippen LogP) is 3.13. The fourth-order valence-electron chi connectivity index (χ4n) is 3.07. The van der Waals surface area contributed by atoms with Gasteiger partial charge in [0.25, 0.3) is 0 Å². The summed E-state index contributed by atoms with van der Waals surface area (Å²) in [5.41, 5.74) is 0.167. The minimum absolute atomic E-state index is 0.365. The molecule has 8 nitrogen and oxygen atoms in total. The summed E-state index contributed by atoms with van der Waals surface area (Å²) in [6, 6.07) is 4.12. The van der Waals surface area contributed by atoms with Gasteiger partial charge in [-0.1, -0.05) is 51.8 Å². The molecule has 1 aliphatic rings. The van der Waals surface area contributed by atoms with Crippen LogP contribution >= 0.6 is 57.9 Å². The Kier molecular flexibility index (Phi) is 6.88. The van der Waals surface area contributed by atoms with E-state index in [1.54, 1.807) is 29.8 Å². The highest BCUT2D eigenvalue weighted by Crippen LogP contribution is 2.39. The molecule has 30 heavy (non-hydrogen) atoms. The summed E-state index contributed by atoms with van der Waals surface area (Å²) in [6.45, 7) is -0.438. The number of thioether (sulfide) groups is 1. The summed E-state index contributed by atoms with van der Waals surface area (Å²) in [6.07, 6.45) is -1.76. The summed E-state index contributed by atoms with van der Waals surface area (Å²) < 4.78 is 7.45. The van der Waals surface area contributed by atoms with Gasteiger partial charge in [0.1, 0.15) is 41.2 Å². The zero-order chi connectivity index (χ0) is 21.4. The van der Waals surface area contributed by atoms with Gasteiger partial charge >= 0.3 is 0 Å². The van der Waals surface area contributed by atoms with Gasteiger partial charge < -0.3 is 20.1 Å². The highest BCUT2D eigenvalue weighted by Gasteiger charge is 2.46. The van der Waals surface area contributed by atoms with E-state index in [0.717, 1.165) is 0 Å². The monoisotopic (exact) mass is 508 g/mol. The lowest BCUT2D eigenvalue weighted by atomic mass is 9.97. The maximum Gasteiger partial charge on any atom is 0.184 e. The predicted molar refractivity (Wildman–Crippen MR) is 115 cm³/mol. The quantitative estimate of drug-likeness (QED) is 0.481. The molecule has 5 atom stereocenters. The van der Waals surface area contributed by atoms with E-state index in [0.29, 0.717) is 30.8 Å². The molecule has 1 aliphatic heterocycles. The summed E-state index contributed by atoms with van der Waals surface area (Å²) in [7, 11) is 0. The van der Waals surface area contributed by atoms with Crippen molar-refractivity contribution in [2.24, 2.45) is 0 Å². The fraction of sp³-hybridized carbons (Fsp3) is 0.353. The highest BCUT2D eigenvalue weighted by atomic mass is 35.5. The molecule has 2 aromatic heterocycles. The van der Waals surface area contributed by atoms with E-state index in [9.17, 15) is 15.3 Å². The minimum Gasteiger partial charge on any atom is -0.394 e. The van der Waals surface area contributed by atoms with Gasteiger partial charge in [0, 0.05) is 10.3 Å². The molecule has 0 unspecified atom stereocenters. The van der Waals surface area contributed by atoms with Crippen LogP contribution in [0, 0.1) is 0 Å². The minimum atomic E-state index is -1.22. The van der Waals surface area contributed by atoms with Crippen molar-refractivity contribution in [2.45, 2.75) is 34.7 Å². The summed E-state index contributed by atoms with van der Waals surface area (Å²) in [4.78, 5) is 4.85. The van der Waals surface area contributed by atoms with Crippen molar-refractivity contribution >= 4 is 57.9 Å². The summed E-state index contributed by atoms with van der Waals surface area (Å²) >= 11 is 20.3. The van der Waals surface area contributed by atoms with Crippen LogP contribution < -0.4 is 0 Å². The van der Waals surface area contributed by atoms with E-state index in [2.05, 4.69) is 15.3 Å². The number of aromatic nitrogens is 4. The van der Waals surface area contributed by atoms with Gasteiger partial charge in [0.15, 0.2) is 4.47 Å². The first-order chi connectivity index (χ1) is 14.4. The van der Waals surface area contributed by atoms with Crippen LogP contribution in [0.2, 0.25) is 14.5 Å². The van der Waals surface area contributed by atoms with Crippen molar-refractivity contribution in [1.29, 1.82) is 0 Å². The molecule has 1 aromatic carbocycles. The van der Waals surface area contributed by atoms with Crippen molar-refractivity contribution in [1.82, 2.24) is 20.0 Å². The standard InChI is InChI=1S/C17H15Cl3N4O4S2/c18-8-2-1-7(3-9(8)19)30-16-15(27)13(14(26)12(5-25)28-16)24-4-10(22-23-24)11-6-29-17(20)21-11/h1-4,6,12-16,25-27H,5H2/t12-,13+,14+,15-,16-/m1/s1. The van der Waals surface area contributed by atoms with Crippen LogP contribution in [0.15, 0.2) is 34.7 Å². The number of aliphatic hydroxyl groups is 3. The van der Waals surface area contributed by atoms with Gasteiger partial charge in [-0.3, -0.25) is 0 Å². The molecule has 1 fully saturated rings. The molecule has 0 spiro atoms. The molecular formula is C17H15Cl3N4O4S2. The van der Waals surface area contributed by atoms with Crippen LogP contribution in [-0.4, -0.2) is 65.7 Å². The topological polar surface area (TPSA) is 114 Å². The first-order valence-electron chi connectivity index (χ1n) is 8.64. The zero-order valence-electron chi connectivity index (χ0n) is 15.0. The number of rotatable bonds is 5. The number of aliphatic hydroxyl groups excluding tert-OH is 3. The smallest absolute Gasteiger partial charge is 0.184 e. The molecule has 13 heteroatoms. The normalized spacial score (nSPS) is 26.8. The largest absolute Gasteiger partial charge is 0.394 e. The lowest BCUT2D eigenvalue weighted by Gasteiger charge is -2.41. The van der Waals surface area contributed by atoms with E-state index in [-0.39, 0.29) is 0 Å². The SMILES string of the molecule is OC[C@H]1O[C@H](Sc2ccc(Cl)c(Cl)c2)[C@H](O)[C@@H](n2cc(-c3csc(Cl)n3)nn2)[C@H]1O. The van der Waals surface area contributed by atoms with Crippen LogP contribution in [0.5, 0.6) is 0 Å². The number of thiazole rings is 1. The van der Waals surface area contributed by atoms with Gasteiger partial charge in [-0.05, 0) is 18.2 Å². The Morgan fingerprint density at radius 1 is 1.13 bits per heavy atom. The van der Waals surface area contributed by atoms with Crippen LogP contribution in [0.3, 0.4) is 0 Å². The maximum absolute atomic E-state index is 11.0. The average molecular weight is 510 g/mol. The molecule has 160 valence electrons. The maximum atomic E-state index is 11.0. The molecule has 0 aliphatic carbocycles. The molecular weight excluding hydrogens is 495 g/mol.